The van der Waals surface area contributed by atoms with Crippen molar-refractivity contribution in [1.29, 1.82) is 0 Å². The maximum Gasteiger partial charge on any atom is 0.271 e. The SMILES string of the molecule is CC(C)Cc1cc(C(=O)NC[C@H]2CCN(CCc3cccc(F)c3F)C2)nn1-c1ccccc1. The van der Waals surface area contributed by atoms with Crippen LogP contribution in [0.25, 0.3) is 5.69 Å². The van der Waals surface area contributed by atoms with E-state index in [-0.39, 0.29) is 5.91 Å². The average Bonchev–Trinajstić information content (AvgIpc) is 3.46. The van der Waals surface area contributed by atoms with Crippen molar-refractivity contribution in [3.05, 3.63) is 83.2 Å². The first-order valence-corrected chi connectivity index (χ1v) is 12.0. The van der Waals surface area contributed by atoms with Crippen LogP contribution in [0.1, 0.15) is 42.0 Å². The first-order chi connectivity index (χ1) is 16.4. The third-order valence-electron chi connectivity index (χ3n) is 6.28. The molecule has 2 heterocycles. The number of benzene rings is 2. The molecular weight excluding hydrogens is 434 g/mol. The molecule has 0 radical (unpaired) electrons. The summed E-state index contributed by atoms with van der Waals surface area (Å²) in [5.41, 5.74) is 2.79. The van der Waals surface area contributed by atoms with Gasteiger partial charge in [0.15, 0.2) is 17.3 Å². The van der Waals surface area contributed by atoms with Gasteiger partial charge in [0.2, 0.25) is 0 Å². The van der Waals surface area contributed by atoms with Crippen molar-refractivity contribution in [3.63, 3.8) is 0 Å². The summed E-state index contributed by atoms with van der Waals surface area (Å²) >= 11 is 0. The van der Waals surface area contributed by atoms with Crippen LogP contribution in [0, 0.1) is 23.5 Å². The van der Waals surface area contributed by atoms with Gasteiger partial charge in [0.05, 0.1) is 5.69 Å². The number of carbonyl (C=O) groups excluding carboxylic acids is 1. The van der Waals surface area contributed by atoms with Crippen molar-refractivity contribution in [2.24, 2.45) is 11.8 Å². The quantitative estimate of drug-likeness (QED) is 0.500. The Bertz CT molecular complexity index is 1110. The van der Waals surface area contributed by atoms with Crippen LogP contribution in [0.5, 0.6) is 0 Å². The van der Waals surface area contributed by atoms with Crippen LogP contribution in [0.2, 0.25) is 0 Å². The van der Waals surface area contributed by atoms with E-state index >= 15 is 0 Å². The largest absolute Gasteiger partial charge is 0.350 e. The highest BCUT2D eigenvalue weighted by Gasteiger charge is 2.24. The number of carbonyl (C=O) groups is 1. The lowest BCUT2D eigenvalue weighted by Gasteiger charge is -2.16. The predicted molar refractivity (Wildman–Crippen MR) is 129 cm³/mol. The van der Waals surface area contributed by atoms with Crippen LogP contribution >= 0.6 is 0 Å². The number of likely N-dealkylation sites (tertiary alicyclic amines) is 1. The Morgan fingerprint density at radius 3 is 2.71 bits per heavy atom. The second-order valence-electron chi connectivity index (χ2n) is 9.49. The van der Waals surface area contributed by atoms with Gasteiger partial charge >= 0.3 is 0 Å². The lowest BCUT2D eigenvalue weighted by molar-refractivity contribution is 0.0942. The molecule has 1 aromatic heterocycles. The molecule has 2 aromatic carbocycles. The number of rotatable bonds is 9. The van der Waals surface area contributed by atoms with Gasteiger partial charge in [-0.15, -0.1) is 0 Å². The van der Waals surface area contributed by atoms with E-state index in [1.807, 2.05) is 41.1 Å². The van der Waals surface area contributed by atoms with Crippen LogP contribution < -0.4 is 5.32 Å². The zero-order valence-electron chi connectivity index (χ0n) is 19.8. The fourth-order valence-electron chi connectivity index (χ4n) is 4.52. The number of nitrogens with zero attached hydrogens (tertiary/aromatic N) is 3. The lowest BCUT2D eigenvalue weighted by Crippen LogP contribution is -2.31. The van der Waals surface area contributed by atoms with Gasteiger partial charge in [0.25, 0.3) is 5.91 Å². The molecule has 1 atom stereocenters. The Labute approximate surface area is 199 Å². The van der Waals surface area contributed by atoms with Gasteiger partial charge in [0, 0.05) is 25.3 Å². The Morgan fingerprint density at radius 2 is 1.94 bits per heavy atom. The summed E-state index contributed by atoms with van der Waals surface area (Å²) in [6, 6.07) is 16.1. The van der Waals surface area contributed by atoms with Crippen LogP contribution in [0.4, 0.5) is 8.78 Å². The highest BCUT2D eigenvalue weighted by atomic mass is 19.2. The highest BCUT2D eigenvalue weighted by molar-refractivity contribution is 5.92. The summed E-state index contributed by atoms with van der Waals surface area (Å²) in [5, 5.41) is 7.65. The Hall–Kier alpha value is -3.06. The molecule has 1 amide bonds. The Kier molecular flexibility index (Phi) is 7.73. The van der Waals surface area contributed by atoms with Crippen molar-refractivity contribution < 1.29 is 13.6 Å². The van der Waals surface area contributed by atoms with Crippen LogP contribution in [-0.2, 0) is 12.8 Å². The minimum Gasteiger partial charge on any atom is -0.350 e. The zero-order valence-corrected chi connectivity index (χ0v) is 19.8. The molecule has 0 bridgehead atoms. The number of hydrogen-bond acceptors (Lipinski definition) is 3. The van der Waals surface area contributed by atoms with Crippen LogP contribution in [0.15, 0.2) is 54.6 Å². The third-order valence-corrected chi connectivity index (χ3v) is 6.28. The molecule has 1 saturated heterocycles. The molecule has 1 N–H and O–H groups in total. The van der Waals surface area contributed by atoms with E-state index in [4.69, 9.17) is 0 Å². The Balaban J connectivity index is 1.31. The topological polar surface area (TPSA) is 50.2 Å². The van der Waals surface area contributed by atoms with E-state index < -0.39 is 11.6 Å². The fraction of sp³-hybridized carbons (Fsp3) is 0.407. The molecule has 1 aliphatic rings. The average molecular weight is 467 g/mol. The van der Waals surface area contributed by atoms with Gasteiger partial charge in [-0.1, -0.05) is 44.2 Å². The zero-order chi connectivity index (χ0) is 24.1. The number of aromatic nitrogens is 2. The summed E-state index contributed by atoms with van der Waals surface area (Å²) in [5.74, 6) is -0.948. The van der Waals surface area contributed by atoms with Crippen molar-refractivity contribution >= 4 is 5.91 Å². The highest BCUT2D eigenvalue weighted by Crippen LogP contribution is 2.19. The smallest absolute Gasteiger partial charge is 0.271 e. The molecule has 1 fully saturated rings. The van der Waals surface area contributed by atoms with Crippen molar-refractivity contribution in [2.75, 3.05) is 26.2 Å². The van der Waals surface area contributed by atoms with Crippen LogP contribution in [-0.4, -0.2) is 46.8 Å². The molecule has 0 spiro atoms. The molecule has 7 heteroatoms. The first kappa shape index (κ1) is 24.1. The van der Waals surface area contributed by atoms with E-state index in [2.05, 4.69) is 29.2 Å². The maximum atomic E-state index is 13.9. The summed E-state index contributed by atoms with van der Waals surface area (Å²) in [4.78, 5) is 15.1. The van der Waals surface area contributed by atoms with Gasteiger partial charge in [-0.25, -0.2) is 13.5 Å². The normalized spacial score (nSPS) is 16.3. The number of para-hydroxylation sites is 1. The molecule has 5 nitrogen and oxygen atoms in total. The first-order valence-electron chi connectivity index (χ1n) is 12.0. The number of nitrogens with one attached hydrogen (secondary N) is 1. The maximum absolute atomic E-state index is 13.9. The standard InChI is InChI=1S/C27H32F2N4O/c1-19(2)15-23-16-25(31-33(23)22-8-4-3-5-9-22)27(34)30-17-20-11-13-32(18-20)14-12-21-7-6-10-24(28)26(21)29/h3-10,16,19-20H,11-15,17-18H2,1-2H3,(H,30,34)/t20-/m1/s1. The lowest BCUT2D eigenvalue weighted by atomic mass is 10.1. The van der Waals surface area contributed by atoms with Gasteiger partial charge in [0.1, 0.15) is 0 Å². The van der Waals surface area contributed by atoms with Gasteiger partial charge < -0.3 is 10.2 Å². The van der Waals surface area contributed by atoms with E-state index in [0.717, 1.165) is 43.4 Å². The molecule has 0 unspecified atom stereocenters. The molecule has 0 aliphatic carbocycles. The van der Waals surface area contributed by atoms with Gasteiger partial charge in [-0.2, -0.15) is 5.10 Å². The molecule has 34 heavy (non-hydrogen) atoms. The number of hydrogen-bond donors (Lipinski definition) is 1. The van der Waals surface area contributed by atoms with Crippen molar-refractivity contribution in [1.82, 2.24) is 20.0 Å². The van der Waals surface area contributed by atoms with Gasteiger partial charge in [-0.3, -0.25) is 4.79 Å². The minimum atomic E-state index is -0.800. The summed E-state index contributed by atoms with van der Waals surface area (Å²) in [7, 11) is 0. The second kappa shape index (κ2) is 10.9. The minimum absolute atomic E-state index is 0.167. The van der Waals surface area contributed by atoms with Crippen LogP contribution in [0.3, 0.4) is 0 Å². The summed E-state index contributed by atoms with van der Waals surface area (Å²) in [6.45, 7) is 7.26. The molecule has 1 aliphatic heterocycles. The van der Waals surface area contributed by atoms with E-state index in [0.29, 0.717) is 42.6 Å². The molecule has 180 valence electrons. The number of amides is 1. The van der Waals surface area contributed by atoms with E-state index in [9.17, 15) is 13.6 Å². The van der Waals surface area contributed by atoms with Crippen molar-refractivity contribution in [2.45, 2.75) is 33.1 Å². The van der Waals surface area contributed by atoms with E-state index in [1.165, 1.54) is 0 Å². The van der Waals surface area contributed by atoms with Crippen molar-refractivity contribution in [3.8, 4) is 5.69 Å². The molecule has 0 saturated carbocycles. The Morgan fingerprint density at radius 1 is 1.15 bits per heavy atom. The second-order valence-corrected chi connectivity index (χ2v) is 9.49. The molecule has 4 rings (SSSR count). The van der Waals surface area contributed by atoms with E-state index in [1.54, 1.807) is 12.1 Å². The predicted octanol–water partition coefficient (Wildman–Crippen LogP) is 4.64. The molecule has 3 aromatic rings. The summed E-state index contributed by atoms with van der Waals surface area (Å²) in [6.07, 6.45) is 2.26. The monoisotopic (exact) mass is 466 g/mol. The summed E-state index contributed by atoms with van der Waals surface area (Å²) < 4.78 is 29.1. The number of halogens is 2. The molecular formula is C27H32F2N4O. The third kappa shape index (κ3) is 5.89. The fourth-order valence-corrected chi connectivity index (χ4v) is 4.52. The van der Waals surface area contributed by atoms with Gasteiger partial charge in [-0.05, 0) is 67.5 Å².